The van der Waals surface area contributed by atoms with Crippen molar-refractivity contribution >= 4 is 23.5 Å². The van der Waals surface area contributed by atoms with Crippen molar-refractivity contribution in [3.63, 3.8) is 0 Å². The number of nitrogens with zero attached hydrogens (tertiary/aromatic N) is 3. The number of carbonyl (C=O) groups is 3. The number of carbonyl (C=O) groups excluding carboxylic acids is 3. The molecule has 3 aliphatic rings. The average Bonchev–Trinajstić information content (AvgIpc) is 3.34. The molecule has 1 aromatic carbocycles. The van der Waals surface area contributed by atoms with E-state index in [1.54, 1.807) is 23.1 Å². The molecule has 0 saturated carbocycles. The van der Waals surface area contributed by atoms with Crippen LogP contribution in [0.4, 0.5) is 10.5 Å². The number of hydrogen-bond acceptors (Lipinski definition) is 4. The van der Waals surface area contributed by atoms with Crippen LogP contribution in [-0.4, -0.2) is 85.0 Å². The number of anilines is 1. The van der Waals surface area contributed by atoms with Crippen molar-refractivity contribution in [1.29, 1.82) is 0 Å². The van der Waals surface area contributed by atoms with Gasteiger partial charge >= 0.3 is 6.03 Å². The summed E-state index contributed by atoms with van der Waals surface area (Å²) in [5.74, 6) is -0.489. The maximum Gasteiger partial charge on any atom is 0.320 e. The van der Waals surface area contributed by atoms with Crippen molar-refractivity contribution in [2.75, 3.05) is 57.8 Å². The zero-order valence-electron chi connectivity index (χ0n) is 17.3. The van der Waals surface area contributed by atoms with Gasteiger partial charge in [-0.2, -0.15) is 0 Å². The average molecular weight is 415 g/mol. The zero-order chi connectivity index (χ0) is 20.9. The van der Waals surface area contributed by atoms with Crippen molar-refractivity contribution in [3.05, 3.63) is 29.8 Å². The molecule has 0 radical (unpaired) electrons. The molecule has 3 fully saturated rings. The van der Waals surface area contributed by atoms with Crippen LogP contribution >= 0.6 is 0 Å². The summed E-state index contributed by atoms with van der Waals surface area (Å²) in [6.45, 7) is 4.92. The third-order valence-electron chi connectivity index (χ3n) is 6.15. The SMILES string of the molecule is O=C(Nc1ccccc1C(=O)N1CCOCC1)[C@H]1CCCN(C(=O)N2CCCC2)C1. The smallest absolute Gasteiger partial charge is 0.320 e. The number of nitrogens with one attached hydrogen (secondary N) is 1. The Morgan fingerprint density at radius 1 is 0.867 bits per heavy atom. The number of amides is 4. The van der Waals surface area contributed by atoms with Crippen molar-refractivity contribution < 1.29 is 19.1 Å². The molecule has 1 aromatic rings. The number of ether oxygens (including phenoxy) is 1. The molecule has 0 aromatic heterocycles. The van der Waals surface area contributed by atoms with E-state index in [1.165, 1.54) is 0 Å². The van der Waals surface area contributed by atoms with Crippen LogP contribution in [0.15, 0.2) is 24.3 Å². The Labute approximate surface area is 177 Å². The third kappa shape index (κ3) is 4.59. The summed E-state index contributed by atoms with van der Waals surface area (Å²) in [6, 6.07) is 7.18. The lowest BCUT2D eigenvalue weighted by atomic mass is 9.97. The minimum Gasteiger partial charge on any atom is -0.378 e. The lowest BCUT2D eigenvalue weighted by Crippen LogP contribution is -2.48. The van der Waals surface area contributed by atoms with E-state index < -0.39 is 0 Å². The molecule has 162 valence electrons. The van der Waals surface area contributed by atoms with Gasteiger partial charge in [-0.25, -0.2) is 4.79 Å². The summed E-state index contributed by atoms with van der Waals surface area (Å²) in [7, 11) is 0. The second-order valence-electron chi connectivity index (χ2n) is 8.20. The quantitative estimate of drug-likeness (QED) is 0.821. The minimum absolute atomic E-state index is 0.0490. The molecule has 30 heavy (non-hydrogen) atoms. The first kappa shape index (κ1) is 20.7. The van der Waals surface area contributed by atoms with Crippen LogP contribution < -0.4 is 5.32 Å². The highest BCUT2D eigenvalue weighted by molar-refractivity contribution is 6.04. The summed E-state index contributed by atoms with van der Waals surface area (Å²) >= 11 is 0. The Morgan fingerprint density at radius 2 is 1.57 bits per heavy atom. The Hall–Kier alpha value is -2.61. The number of para-hydroxylation sites is 1. The van der Waals surface area contributed by atoms with Gasteiger partial charge in [-0.05, 0) is 37.8 Å². The van der Waals surface area contributed by atoms with Crippen LogP contribution in [0.5, 0.6) is 0 Å². The van der Waals surface area contributed by atoms with Gasteiger partial charge in [0.2, 0.25) is 5.91 Å². The van der Waals surface area contributed by atoms with E-state index in [2.05, 4.69) is 5.32 Å². The van der Waals surface area contributed by atoms with E-state index >= 15 is 0 Å². The number of piperidine rings is 1. The largest absolute Gasteiger partial charge is 0.378 e. The molecule has 0 aliphatic carbocycles. The van der Waals surface area contributed by atoms with Gasteiger partial charge in [-0.1, -0.05) is 12.1 Å². The van der Waals surface area contributed by atoms with Gasteiger partial charge < -0.3 is 24.8 Å². The normalized spacial score (nSPS) is 22.1. The molecule has 3 heterocycles. The molecule has 0 spiro atoms. The van der Waals surface area contributed by atoms with E-state index in [-0.39, 0.29) is 23.8 Å². The van der Waals surface area contributed by atoms with E-state index in [9.17, 15) is 14.4 Å². The van der Waals surface area contributed by atoms with Gasteiger partial charge in [-0.3, -0.25) is 9.59 Å². The molecule has 0 unspecified atom stereocenters. The van der Waals surface area contributed by atoms with Crippen LogP contribution in [0, 0.1) is 5.92 Å². The van der Waals surface area contributed by atoms with Crippen LogP contribution in [0.25, 0.3) is 0 Å². The second-order valence-corrected chi connectivity index (χ2v) is 8.20. The number of morpholine rings is 1. The van der Waals surface area contributed by atoms with Crippen molar-refractivity contribution in [2.24, 2.45) is 5.92 Å². The maximum absolute atomic E-state index is 13.0. The summed E-state index contributed by atoms with van der Waals surface area (Å²) in [5.41, 5.74) is 1.02. The van der Waals surface area contributed by atoms with Crippen LogP contribution in [0.3, 0.4) is 0 Å². The van der Waals surface area contributed by atoms with Crippen molar-refractivity contribution in [1.82, 2.24) is 14.7 Å². The molecule has 1 atom stereocenters. The van der Waals surface area contributed by atoms with Crippen molar-refractivity contribution in [3.8, 4) is 0 Å². The fourth-order valence-electron chi connectivity index (χ4n) is 4.42. The van der Waals surface area contributed by atoms with E-state index in [1.807, 2.05) is 15.9 Å². The van der Waals surface area contributed by atoms with Gasteiger partial charge in [0.05, 0.1) is 30.4 Å². The van der Waals surface area contributed by atoms with Gasteiger partial charge in [0.25, 0.3) is 5.91 Å². The molecule has 0 bridgehead atoms. The zero-order valence-corrected chi connectivity index (χ0v) is 17.3. The highest BCUT2D eigenvalue weighted by atomic mass is 16.5. The third-order valence-corrected chi connectivity index (χ3v) is 6.15. The first-order valence-electron chi connectivity index (χ1n) is 10.9. The Morgan fingerprint density at radius 3 is 2.33 bits per heavy atom. The van der Waals surface area contributed by atoms with E-state index in [0.717, 1.165) is 38.8 Å². The molecule has 4 amide bonds. The lowest BCUT2D eigenvalue weighted by molar-refractivity contribution is -0.121. The molecule has 8 heteroatoms. The fourth-order valence-corrected chi connectivity index (χ4v) is 4.42. The predicted molar refractivity (Wildman–Crippen MR) is 112 cm³/mol. The summed E-state index contributed by atoms with van der Waals surface area (Å²) in [5, 5.41) is 2.96. The number of rotatable bonds is 3. The van der Waals surface area contributed by atoms with E-state index in [0.29, 0.717) is 50.6 Å². The van der Waals surface area contributed by atoms with Crippen LogP contribution in [-0.2, 0) is 9.53 Å². The number of likely N-dealkylation sites (tertiary alicyclic amines) is 2. The number of hydrogen-bond donors (Lipinski definition) is 1. The molecular weight excluding hydrogens is 384 g/mol. The van der Waals surface area contributed by atoms with Gasteiger partial charge in [-0.15, -0.1) is 0 Å². The Kier molecular flexibility index (Phi) is 6.52. The number of urea groups is 1. The summed E-state index contributed by atoms with van der Waals surface area (Å²) in [6.07, 6.45) is 3.66. The van der Waals surface area contributed by atoms with Gasteiger partial charge in [0.1, 0.15) is 0 Å². The summed E-state index contributed by atoms with van der Waals surface area (Å²) in [4.78, 5) is 44.1. The standard InChI is InChI=1S/C22H30N4O4/c27-20(17-6-5-11-26(16-17)22(29)25-9-3-4-10-25)23-19-8-2-1-7-18(19)21(28)24-12-14-30-15-13-24/h1-2,7-8,17H,3-6,9-16H2,(H,23,27)/t17-/m0/s1. The Bertz CT molecular complexity index is 787. The van der Waals surface area contributed by atoms with Crippen LogP contribution in [0.1, 0.15) is 36.0 Å². The first-order chi connectivity index (χ1) is 14.6. The minimum atomic E-state index is -0.267. The first-order valence-corrected chi connectivity index (χ1v) is 10.9. The molecule has 4 rings (SSSR count). The molecule has 3 aliphatic heterocycles. The highest BCUT2D eigenvalue weighted by Crippen LogP contribution is 2.23. The highest BCUT2D eigenvalue weighted by Gasteiger charge is 2.32. The summed E-state index contributed by atoms with van der Waals surface area (Å²) < 4.78 is 5.33. The Balaban J connectivity index is 1.41. The second kappa shape index (κ2) is 9.47. The van der Waals surface area contributed by atoms with Gasteiger partial charge in [0.15, 0.2) is 0 Å². The maximum atomic E-state index is 13.0. The molecule has 1 N–H and O–H groups in total. The monoisotopic (exact) mass is 414 g/mol. The number of benzene rings is 1. The van der Waals surface area contributed by atoms with Crippen LogP contribution in [0.2, 0.25) is 0 Å². The predicted octanol–water partition coefficient (Wildman–Crippen LogP) is 2.03. The lowest BCUT2D eigenvalue weighted by Gasteiger charge is -2.34. The molecule has 8 nitrogen and oxygen atoms in total. The fraction of sp³-hybridized carbons (Fsp3) is 0.591. The van der Waals surface area contributed by atoms with E-state index in [4.69, 9.17) is 4.74 Å². The molecular formula is C22H30N4O4. The van der Waals surface area contributed by atoms with Crippen molar-refractivity contribution in [2.45, 2.75) is 25.7 Å². The van der Waals surface area contributed by atoms with Gasteiger partial charge in [0, 0.05) is 39.3 Å². The molecule has 3 saturated heterocycles. The topological polar surface area (TPSA) is 82.2 Å².